The van der Waals surface area contributed by atoms with Crippen molar-refractivity contribution in [3.8, 4) is 12.3 Å². The topological polar surface area (TPSA) is 56.3 Å². The summed E-state index contributed by atoms with van der Waals surface area (Å²) in [5, 5.41) is 0. The Balaban J connectivity index is 3.01. The Hall–Kier alpha value is -1.45. The van der Waals surface area contributed by atoms with Gasteiger partial charge >= 0.3 is 0 Å². The number of hydrogen-bond acceptors (Lipinski definition) is 4. The van der Waals surface area contributed by atoms with Crippen LogP contribution in [-0.4, -0.2) is 19.7 Å². The summed E-state index contributed by atoms with van der Waals surface area (Å²) < 4.78 is 39.3. The second-order valence-electron chi connectivity index (χ2n) is 3.38. The number of aromatic nitrogens is 1. The minimum absolute atomic E-state index is 0.0514. The van der Waals surface area contributed by atoms with Crippen molar-refractivity contribution < 1.29 is 17.0 Å². The Morgan fingerprint density at radius 1 is 1.59 bits per heavy atom. The maximum Gasteiger partial charge on any atom is 0.265 e. The van der Waals surface area contributed by atoms with Gasteiger partial charge in [-0.15, -0.1) is 12.3 Å². The highest BCUT2D eigenvalue weighted by molar-refractivity contribution is 7.86. The molecule has 1 rings (SSSR count). The molecule has 0 aromatic carbocycles. The number of rotatable bonds is 5. The zero-order chi connectivity index (χ0) is 12.9. The van der Waals surface area contributed by atoms with Crippen LogP contribution >= 0.6 is 0 Å². The van der Waals surface area contributed by atoms with Crippen LogP contribution in [0.2, 0.25) is 0 Å². The maximum absolute atomic E-state index is 12.4. The number of nitrogens with zero attached hydrogens (tertiary/aromatic N) is 1. The van der Waals surface area contributed by atoms with Crippen molar-refractivity contribution >= 4 is 10.1 Å². The molecule has 0 spiro atoms. The smallest absolute Gasteiger partial charge is 0.259 e. The SMILES string of the molecule is C#CCC(OS(C)(=O)=O)c1cccc(CF)n1. The van der Waals surface area contributed by atoms with Gasteiger partial charge in [-0.25, -0.2) is 4.39 Å². The Kier molecular flexibility index (Phi) is 4.61. The van der Waals surface area contributed by atoms with E-state index < -0.39 is 22.9 Å². The minimum Gasteiger partial charge on any atom is -0.259 e. The minimum atomic E-state index is -3.64. The Labute approximate surface area is 100.0 Å². The summed E-state index contributed by atoms with van der Waals surface area (Å²) in [5.41, 5.74) is 0.519. The van der Waals surface area contributed by atoms with Crippen LogP contribution in [0.4, 0.5) is 4.39 Å². The van der Waals surface area contributed by atoms with E-state index in [1.165, 1.54) is 6.07 Å². The molecule has 0 amide bonds. The highest BCUT2D eigenvalue weighted by atomic mass is 32.2. The van der Waals surface area contributed by atoms with Crippen LogP contribution in [0.1, 0.15) is 23.9 Å². The summed E-state index contributed by atoms with van der Waals surface area (Å²) >= 11 is 0. The monoisotopic (exact) mass is 257 g/mol. The van der Waals surface area contributed by atoms with E-state index in [2.05, 4.69) is 10.9 Å². The van der Waals surface area contributed by atoms with Gasteiger partial charge in [-0.1, -0.05) is 6.07 Å². The zero-order valence-electron chi connectivity index (χ0n) is 9.26. The van der Waals surface area contributed by atoms with Gasteiger partial charge in [0.1, 0.15) is 12.8 Å². The molecule has 1 aromatic rings. The first-order valence-electron chi connectivity index (χ1n) is 4.80. The molecule has 1 unspecified atom stereocenters. The number of terminal acetylenes is 1. The molecule has 1 aromatic heterocycles. The molecule has 92 valence electrons. The molecule has 0 fully saturated rings. The van der Waals surface area contributed by atoms with Crippen molar-refractivity contribution in [2.45, 2.75) is 19.2 Å². The van der Waals surface area contributed by atoms with E-state index in [1.54, 1.807) is 12.1 Å². The van der Waals surface area contributed by atoms with Crippen LogP contribution in [0.3, 0.4) is 0 Å². The lowest BCUT2D eigenvalue weighted by Gasteiger charge is -2.13. The van der Waals surface area contributed by atoms with E-state index in [0.717, 1.165) is 6.26 Å². The molecule has 17 heavy (non-hydrogen) atoms. The summed E-state index contributed by atoms with van der Waals surface area (Å²) in [4.78, 5) is 3.93. The number of halogens is 1. The molecular formula is C11H12FNO3S. The summed E-state index contributed by atoms with van der Waals surface area (Å²) in [5.74, 6) is 2.30. The average molecular weight is 257 g/mol. The summed E-state index contributed by atoms with van der Waals surface area (Å²) in [6, 6.07) is 4.62. The third kappa shape index (κ3) is 4.51. The predicted molar refractivity (Wildman–Crippen MR) is 61.2 cm³/mol. The fraction of sp³-hybridized carbons (Fsp3) is 0.364. The second kappa shape index (κ2) is 5.75. The van der Waals surface area contributed by atoms with E-state index >= 15 is 0 Å². The second-order valence-corrected chi connectivity index (χ2v) is 4.99. The third-order valence-corrected chi connectivity index (χ3v) is 2.47. The van der Waals surface area contributed by atoms with Crippen LogP contribution in [-0.2, 0) is 21.0 Å². The van der Waals surface area contributed by atoms with Gasteiger partial charge in [-0.05, 0) is 12.1 Å². The molecule has 1 atom stereocenters. The van der Waals surface area contributed by atoms with Crippen molar-refractivity contribution in [1.82, 2.24) is 4.98 Å². The summed E-state index contributed by atoms with van der Waals surface area (Å²) in [6.45, 7) is -0.727. The Bertz CT molecular complexity index is 522. The first-order chi connectivity index (χ1) is 7.96. The predicted octanol–water partition coefficient (Wildman–Crippen LogP) is 1.59. The zero-order valence-corrected chi connectivity index (χ0v) is 10.1. The van der Waals surface area contributed by atoms with Crippen LogP contribution < -0.4 is 0 Å². The summed E-state index contributed by atoms with van der Waals surface area (Å²) in [7, 11) is -3.64. The van der Waals surface area contributed by atoms with Gasteiger partial charge in [0.05, 0.1) is 17.6 Å². The van der Waals surface area contributed by atoms with Gasteiger partial charge in [-0.3, -0.25) is 9.17 Å². The molecule has 0 aliphatic carbocycles. The quantitative estimate of drug-likeness (QED) is 0.593. The van der Waals surface area contributed by atoms with Crippen LogP contribution in [0.5, 0.6) is 0 Å². The lowest BCUT2D eigenvalue weighted by molar-refractivity contribution is 0.216. The van der Waals surface area contributed by atoms with Crippen LogP contribution in [0.25, 0.3) is 0 Å². The normalized spacial score (nSPS) is 13.0. The number of hydrogen-bond donors (Lipinski definition) is 0. The van der Waals surface area contributed by atoms with E-state index in [1.807, 2.05) is 0 Å². The lowest BCUT2D eigenvalue weighted by Crippen LogP contribution is -2.12. The fourth-order valence-corrected chi connectivity index (χ4v) is 1.85. The molecule has 6 heteroatoms. The standard InChI is InChI=1S/C11H12FNO3S/c1-3-5-11(16-17(2,14)15)10-7-4-6-9(8-12)13-10/h1,4,6-7,11H,5,8H2,2H3. The first kappa shape index (κ1) is 13.6. The molecule has 0 N–H and O–H groups in total. The highest BCUT2D eigenvalue weighted by Crippen LogP contribution is 2.21. The van der Waals surface area contributed by atoms with E-state index in [-0.39, 0.29) is 12.1 Å². The molecule has 0 bridgehead atoms. The molecule has 0 aliphatic heterocycles. The molecule has 1 heterocycles. The van der Waals surface area contributed by atoms with Gasteiger partial charge in [0.25, 0.3) is 10.1 Å². The molecule has 0 aliphatic rings. The number of pyridine rings is 1. The third-order valence-electron chi connectivity index (χ3n) is 1.89. The highest BCUT2D eigenvalue weighted by Gasteiger charge is 2.18. The lowest BCUT2D eigenvalue weighted by atomic mass is 10.1. The Morgan fingerprint density at radius 3 is 2.82 bits per heavy atom. The van der Waals surface area contributed by atoms with Crippen molar-refractivity contribution in [3.05, 3.63) is 29.6 Å². The van der Waals surface area contributed by atoms with Gasteiger partial charge in [-0.2, -0.15) is 8.42 Å². The average Bonchev–Trinajstić information content (AvgIpc) is 2.27. The van der Waals surface area contributed by atoms with Gasteiger partial charge in [0.2, 0.25) is 0 Å². The fourth-order valence-electron chi connectivity index (χ4n) is 1.26. The molecule has 0 saturated carbocycles. The van der Waals surface area contributed by atoms with Crippen molar-refractivity contribution in [2.75, 3.05) is 6.26 Å². The number of alkyl halides is 1. The first-order valence-corrected chi connectivity index (χ1v) is 6.61. The van der Waals surface area contributed by atoms with Gasteiger partial charge in [0.15, 0.2) is 0 Å². The Morgan fingerprint density at radius 2 is 2.29 bits per heavy atom. The maximum atomic E-state index is 12.4. The van der Waals surface area contributed by atoms with E-state index in [0.29, 0.717) is 5.69 Å². The van der Waals surface area contributed by atoms with Gasteiger partial charge < -0.3 is 0 Å². The van der Waals surface area contributed by atoms with Gasteiger partial charge in [0, 0.05) is 6.42 Å². The van der Waals surface area contributed by atoms with Crippen LogP contribution in [0, 0.1) is 12.3 Å². The molecular weight excluding hydrogens is 245 g/mol. The summed E-state index contributed by atoms with van der Waals surface area (Å²) in [6.07, 6.45) is 5.23. The van der Waals surface area contributed by atoms with Crippen molar-refractivity contribution in [2.24, 2.45) is 0 Å². The van der Waals surface area contributed by atoms with E-state index in [9.17, 15) is 12.8 Å². The van der Waals surface area contributed by atoms with E-state index in [4.69, 9.17) is 10.6 Å². The molecule has 0 radical (unpaired) electrons. The van der Waals surface area contributed by atoms with Crippen LogP contribution in [0.15, 0.2) is 18.2 Å². The largest absolute Gasteiger partial charge is 0.265 e. The van der Waals surface area contributed by atoms with Crippen molar-refractivity contribution in [3.63, 3.8) is 0 Å². The molecule has 0 saturated heterocycles. The van der Waals surface area contributed by atoms with Crippen molar-refractivity contribution in [1.29, 1.82) is 0 Å². The molecule has 4 nitrogen and oxygen atoms in total.